The molecule has 32 heavy (non-hydrogen) atoms. The number of alkyl halides is 3. The van der Waals surface area contributed by atoms with Crippen LogP contribution in [0.5, 0.6) is 5.75 Å². The molecule has 1 aliphatic heterocycles. The number of anilines is 1. The predicted molar refractivity (Wildman–Crippen MR) is 116 cm³/mol. The lowest BCUT2D eigenvalue weighted by molar-refractivity contribution is -0.128. The van der Waals surface area contributed by atoms with Gasteiger partial charge >= 0.3 is 16.7 Å². The van der Waals surface area contributed by atoms with Crippen LogP contribution in [0.4, 0.5) is 14.5 Å². The van der Waals surface area contributed by atoms with Crippen molar-refractivity contribution >= 4 is 44.5 Å². The first-order chi connectivity index (χ1) is 15.1. The minimum absolute atomic E-state index is 0.0692. The van der Waals surface area contributed by atoms with Crippen molar-refractivity contribution in [2.24, 2.45) is 0 Å². The normalized spacial score (nSPS) is 11.6. The second kappa shape index (κ2) is 7.72. The summed E-state index contributed by atoms with van der Waals surface area (Å²) in [6, 6.07) is 11.7. The standard InChI is InChI=1S/C22H12BrF2NO6/c23-22(24,25)21(31)26-15-3-1-2-14(20(29)30)19(15)18-12-6-4-10(27)8-16(12)32-17-9-11(28)5-7-13(17)18/h1-9,27H,(H,26,31)(H,29,30). The third kappa shape index (κ3) is 3.80. The van der Waals surface area contributed by atoms with Gasteiger partial charge in [-0.25, -0.2) is 4.79 Å². The Kier molecular flexibility index (Phi) is 5.17. The molecule has 2 aromatic rings. The molecule has 0 saturated carbocycles. The number of phenolic OH excluding ortho intramolecular Hbond substituents is 1. The maximum atomic E-state index is 13.5. The molecular formula is C22H12BrF2NO6. The van der Waals surface area contributed by atoms with E-state index in [0.29, 0.717) is 10.9 Å². The number of carbonyl (C=O) groups is 2. The fourth-order valence-corrected chi connectivity index (χ4v) is 3.52. The summed E-state index contributed by atoms with van der Waals surface area (Å²) in [5, 5.41) is 22.0. The van der Waals surface area contributed by atoms with Gasteiger partial charge in [0, 0.05) is 55.8 Å². The lowest BCUT2D eigenvalue weighted by Crippen LogP contribution is -2.28. The van der Waals surface area contributed by atoms with Crippen molar-refractivity contribution in [3.8, 4) is 28.2 Å². The molecule has 0 unspecified atom stereocenters. The highest BCUT2D eigenvalue weighted by Crippen LogP contribution is 2.45. The third-order valence-corrected chi connectivity index (χ3v) is 5.09. The Hall–Kier alpha value is -3.79. The molecule has 0 fully saturated rings. The van der Waals surface area contributed by atoms with Gasteiger partial charge in [-0.1, -0.05) is 6.07 Å². The molecule has 0 radical (unpaired) electrons. The van der Waals surface area contributed by atoms with Crippen LogP contribution in [0.25, 0.3) is 33.4 Å². The fraction of sp³-hybridized carbons (Fsp3) is 0.0455. The molecule has 0 spiro atoms. The SMILES string of the molecule is O=C(O)c1cccc(NC(=O)C(F)(F)Br)c1-c1c2ccc(=O)cc-2oc2cc(O)ccc12. The molecule has 7 nitrogen and oxygen atoms in total. The molecular weight excluding hydrogens is 492 g/mol. The summed E-state index contributed by atoms with van der Waals surface area (Å²) in [6.07, 6.45) is 0. The molecule has 162 valence electrons. The van der Waals surface area contributed by atoms with Gasteiger partial charge in [0.25, 0.3) is 0 Å². The van der Waals surface area contributed by atoms with Gasteiger partial charge in [0.2, 0.25) is 0 Å². The number of phenols is 1. The Morgan fingerprint density at radius 2 is 1.78 bits per heavy atom. The Labute approximate surface area is 186 Å². The first-order valence-electron chi connectivity index (χ1n) is 9.00. The highest BCUT2D eigenvalue weighted by Gasteiger charge is 2.36. The van der Waals surface area contributed by atoms with Gasteiger partial charge in [-0.2, -0.15) is 8.78 Å². The zero-order valence-electron chi connectivity index (χ0n) is 15.9. The minimum atomic E-state index is -3.90. The smallest absolute Gasteiger partial charge is 0.378 e. The van der Waals surface area contributed by atoms with E-state index >= 15 is 0 Å². The van der Waals surface area contributed by atoms with E-state index < -0.39 is 16.7 Å². The number of aromatic hydroxyl groups is 1. The summed E-state index contributed by atoms with van der Waals surface area (Å²) in [5.41, 5.74) is -0.298. The number of amides is 1. The third-order valence-electron chi connectivity index (χ3n) is 4.73. The van der Waals surface area contributed by atoms with E-state index in [9.17, 15) is 33.4 Å². The largest absolute Gasteiger partial charge is 0.508 e. The zero-order chi connectivity index (χ0) is 23.2. The van der Waals surface area contributed by atoms with Crippen molar-refractivity contribution in [3.05, 3.63) is 70.4 Å². The van der Waals surface area contributed by atoms with Crippen molar-refractivity contribution in [3.63, 3.8) is 0 Å². The van der Waals surface area contributed by atoms with E-state index in [4.69, 9.17) is 4.42 Å². The first kappa shape index (κ1) is 21.4. The highest BCUT2D eigenvalue weighted by atomic mass is 79.9. The van der Waals surface area contributed by atoms with Gasteiger partial charge in [-0.3, -0.25) is 9.59 Å². The molecule has 0 saturated heterocycles. The average molecular weight is 504 g/mol. The number of nitrogens with one attached hydrogen (secondary N) is 1. The van der Waals surface area contributed by atoms with Crippen LogP contribution < -0.4 is 10.7 Å². The van der Waals surface area contributed by atoms with Gasteiger partial charge in [0.1, 0.15) is 17.1 Å². The number of hydrogen-bond acceptors (Lipinski definition) is 5. The predicted octanol–water partition coefficient (Wildman–Crippen LogP) is 4.89. The average Bonchev–Trinajstić information content (AvgIpc) is 2.71. The van der Waals surface area contributed by atoms with Crippen LogP contribution in [0.1, 0.15) is 10.4 Å². The number of aromatic carboxylic acids is 1. The Morgan fingerprint density at radius 3 is 2.47 bits per heavy atom. The van der Waals surface area contributed by atoms with Gasteiger partial charge in [-0.05, 0) is 36.4 Å². The second-order valence-electron chi connectivity index (χ2n) is 6.80. The van der Waals surface area contributed by atoms with Gasteiger partial charge in [0.15, 0.2) is 5.43 Å². The molecule has 1 amide bonds. The number of carbonyl (C=O) groups excluding carboxylic acids is 1. The molecule has 10 heteroatoms. The molecule has 2 aromatic carbocycles. The van der Waals surface area contributed by atoms with Crippen LogP contribution in [0.3, 0.4) is 0 Å². The summed E-state index contributed by atoms with van der Waals surface area (Å²) < 4.78 is 32.7. The first-order valence-corrected chi connectivity index (χ1v) is 9.80. The zero-order valence-corrected chi connectivity index (χ0v) is 17.4. The number of rotatable bonds is 4. The van der Waals surface area contributed by atoms with E-state index in [-0.39, 0.29) is 44.9 Å². The van der Waals surface area contributed by atoms with E-state index in [1.807, 2.05) is 15.9 Å². The van der Waals surface area contributed by atoms with E-state index in [1.54, 1.807) is 0 Å². The molecule has 1 aliphatic carbocycles. The van der Waals surface area contributed by atoms with Crippen molar-refractivity contribution in [1.82, 2.24) is 0 Å². The molecule has 0 aromatic heterocycles. The summed E-state index contributed by atoms with van der Waals surface area (Å²) in [5.74, 6) is -3.14. The van der Waals surface area contributed by atoms with Crippen LogP contribution in [-0.4, -0.2) is 26.9 Å². The number of fused-ring (bicyclic) bond motifs is 2. The highest BCUT2D eigenvalue weighted by molar-refractivity contribution is 9.10. The van der Waals surface area contributed by atoms with E-state index in [1.165, 1.54) is 54.6 Å². The maximum absolute atomic E-state index is 13.5. The van der Waals surface area contributed by atoms with E-state index in [2.05, 4.69) is 5.32 Å². The second-order valence-corrected chi connectivity index (χ2v) is 7.80. The van der Waals surface area contributed by atoms with Crippen molar-refractivity contribution < 1.29 is 33.0 Å². The number of halogens is 3. The minimum Gasteiger partial charge on any atom is -0.508 e. The Bertz CT molecular complexity index is 1430. The molecule has 3 N–H and O–H groups in total. The van der Waals surface area contributed by atoms with Crippen LogP contribution in [-0.2, 0) is 4.79 Å². The number of carboxylic acids is 1. The quantitative estimate of drug-likeness (QED) is 0.269. The monoisotopic (exact) mass is 503 g/mol. The van der Waals surface area contributed by atoms with Crippen LogP contribution in [0.2, 0.25) is 0 Å². The number of carboxylic acid groups (broad SMARTS) is 1. The Morgan fingerprint density at radius 1 is 1.03 bits per heavy atom. The van der Waals surface area contributed by atoms with Crippen LogP contribution in [0, 0.1) is 0 Å². The summed E-state index contributed by atoms with van der Waals surface area (Å²) in [4.78, 5) is 32.0. The number of benzene rings is 3. The molecule has 4 rings (SSSR count). The Balaban J connectivity index is 2.15. The molecule has 2 aliphatic rings. The summed E-state index contributed by atoms with van der Waals surface area (Å²) >= 11 is 1.99. The molecule has 0 bridgehead atoms. The summed E-state index contributed by atoms with van der Waals surface area (Å²) in [6.45, 7) is 0. The number of hydrogen-bond donors (Lipinski definition) is 3. The van der Waals surface area contributed by atoms with Crippen molar-refractivity contribution in [1.29, 1.82) is 0 Å². The molecule has 0 atom stereocenters. The van der Waals surface area contributed by atoms with Crippen molar-refractivity contribution in [2.75, 3.05) is 5.32 Å². The maximum Gasteiger partial charge on any atom is 0.378 e. The van der Waals surface area contributed by atoms with Gasteiger partial charge in [-0.15, -0.1) is 0 Å². The topological polar surface area (TPSA) is 117 Å². The fourth-order valence-electron chi connectivity index (χ4n) is 3.43. The molecule has 1 heterocycles. The van der Waals surface area contributed by atoms with Gasteiger partial charge < -0.3 is 19.9 Å². The lowest BCUT2D eigenvalue weighted by atomic mass is 9.89. The van der Waals surface area contributed by atoms with Crippen molar-refractivity contribution in [2.45, 2.75) is 4.83 Å². The van der Waals surface area contributed by atoms with E-state index in [0.717, 1.165) is 0 Å². The lowest BCUT2D eigenvalue weighted by Gasteiger charge is -2.20. The van der Waals surface area contributed by atoms with Gasteiger partial charge in [0.05, 0.1) is 5.56 Å². The van der Waals surface area contributed by atoms with Crippen LogP contribution >= 0.6 is 15.9 Å². The van der Waals surface area contributed by atoms with Crippen LogP contribution in [0.15, 0.2) is 63.8 Å². The summed E-state index contributed by atoms with van der Waals surface area (Å²) in [7, 11) is 0.